The molecule has 2 rings (SSSR count). The molecule has 0 aliphatic carbocycles. The Balaban J connectivity index is 1.96. The van der Waals surface area contributed by atoms with Crippen molar-refractivity contribution in [3.05, 3.63) is 23.5 Å². The standard InChI is InChI=1S/C15H24N4O2/c1-4-16-14-7-11(2)17-9-13(14)15(20)18-8-12-10-19(3)5-6-21-12/h7,9,12H,4-6,8,10H2,1-3H3,(H,16,17)(H,18,20). The molecular weight excluding hydrogens is 268 g/mol. The predicted octanol–water partition coefficient (Wildman–Crippen LogP) is 0.882. The van der Waals surface area contributed by atoms with E-state index < -0.39 is 0 Å². The average Bonchev–Trinajstić information content (AvgIpc) is 2.45. The normalized spacial score (nSPS) is 19.3. The maximum atomic E-state index is 12.3. The largest absolute Gasteiger partial charge is 0.385 e. The number of carbonyl (C=O) groups is 1. The number of rotatable bonds is 5. The number of anilines is 1. The lowest BCUT2D eigenvalue weighted by atomic mass is 10.2. The molecule has 1 aromatic heterocycles. The predicted molar refractivity (Wildman–Crippen MR) is 82.7 cm³/mol. The molecule has 2 heterocycles. The van der Waals surface area contributed by atoms with E-state index in [1.165, 1.54) is 0 Å². The molecule has 6 nitrogen and oxygen atoms in total. The number of aromatic nitrogens is 1. The molecule has 6 heteroatoms. The van der Waals surface area contributed by atoms with Gasteiger partial charge in [0.1, 0.15) is 0 Å². The molecule has 0 spiro atoms. The van der Waals surface area contributed by atoms with Crippen molar-refractivity contribution in [2.75, 3.05) is 45.2 Å². The van der Waals surface area contributed by atoms with E-state index in [9.17, 15) is 4.79 Å². The van der Waals surface area contributed by atoms with Gasteiger partial charge in [-0.05, 0) is 27.0 Å². The first-order valence-electron chi connectivity index (χ1n) is 7.39. The summed E-state index contributed by atoms with van der Waals surface area (Å²) in [6.07, 6.45) is 1.67. The van der Waals surface area contributed by atoms with Crippen LogP contribution in [0.4, 0.5) is 5.69 Å². The van der Waals surface area contributed by atoms with Crippen LogP contribution in [0.25, 0.3) is 0 Å². The number of pyridine rings is 1. The highest BCUT2D eigenvalue weighted by atomic mass is 16.5. The molecular formula is C15H24N4O2. The van der Waals surface area contributed by atoms with Crippen LogP contribution in [-0.2, 0) is 4.74 Å². The van der Waals surface area contributed by atoms with Crippen molar-refractivity contribution in [1.82, 2.24) is 15.2 Å². The SMILES string of the molecule is CCNc1cc(C)ncc1C(=O)NCC1CN(C)CCO1. The van der Waals surface area contributed by atoms with E-state index in [-0.39, 0.29) is 12.0 Å². The quantitative estimate of drug-likeness (QED) is 0.843. The first-order valence-corrected chi connectivity index (χ1v) is 7.39. The minimum absolute atomic E-state index is 0.0497. The molecule has 1 atom stereocenters. The number of likely N-dealkylation sites (N-methyl/N-ethyl adjacent to an activating group) is 1. The van der Waals surface area contributed by atoms with Gasteiger partial charge in [-0.1, -0.05) is 0 Å². The van der Waals surface area contributed by atoms with E-state index in [2.05, 4.69) is 27.6 Å². The Morgan fingerprint density at radius 2 is 2.38 bits per heavy atom. The number of nitrogens with one attached hydrogen (secondary N) is 2. The highest BCUT2D eigenvalue weighted by Gasteiger charge is 2.19. The third kappa shape index (κ3) is 4.41. The smallest absolute Gasteiger partial charge is 0.255 e. The van der Waals surface area contributed by atoms with Crippen LogP contribution in [0.3, 0.4) is 0 Å². The minimum Gasteiger partial charge on any atom is -0.385 e. The van der Waals surface area contributed by atoms with Crippen molar-refractivity contribution in [3.8, 4) is 0 Å². The maximum Gasteiger partial charge on any atom is 0.255 e. The van der Waals surface area contributed by atoms with Crippen LogP contribution in [0.15, 0.2) is 12.3 Å². The molecule has 2 N–H and O–H groups in total. The molecule has 1 aliphatic heterocycles. The van der Waals surface area contributed by atoms with Crippen molar-refractivity contribution in [2.24, 2.45) is 0 Å². The van der Waals surface area contributed by atoms with Crippen LogP contribution in [0.5, 0.6) is 0 Å². The Bertz CT molecular complexity index is 493. The van der Waals surface area contributed by atoms with E-state index >= 15 is 0 Å². The number of carbonyl (C=O) groups excluding carboxylic acids is 1. The summed E-state index contributed by atoms with van der Waals surface area (Å²) in [4.78, 5) is 18.7. The second kappa shape index (κ2) is 7.38. The van der Waals surface area contributed by atoms with Crippen LogP contribution >= 0.6 is 0 Å². The Hall–Kier alpha value is -1.66. The molecule has 0 bridgehead atoms. The van der Waals surface area contributed by atoms with Gasteiger partial charge in [-0.2, -0.15) is 0 Å². The van der Waals surface area contributed by atoms with Crippen molar-refractivity contribution >= 4 is 11.6 Å². The zero-order valence-corrected chi connectivity index (χ0v) is 13.0. The summed E-state index contributed by atoms with van der Waals surface area (Å²) in [5.74, 6) is -0.115. The monoisotopic (exact) mass is 292 g/mol. The lowest BCUT2D eigenvalue weighted by Crippen LogP contribution is -2.46. The number of nitrogens with zero attached hydrogens (tertiary/aromatic N) is 2. The second-order valence-electron chi connectivity index (χ2n) is 5.37. The molecule has 0 radical (unpaired) electrons. The van der Waals surface area contributed by atoms with Crippen LogP contribution in [0.1, 0.15) is 23.0 Å². The molecule has 0 aromatic carbocycles. The third-order valence-electron chi connectivity index (χ3n) is 3.48. The zero-order chi connectivity index (χ0) is 15.2. The third-order valence-corrected chi connectivity index (χ3v) is 3.48. The van der Waals surface area contributed by atoms with Gasteiger partial charge in [0.05, 0.1) is 24.0 Å². The number of amides is 1. The highest BCUT2D eigenvalue weighted by Crippen LogP contribution is 2.15. The fourth-order valence-corrected chi connectivity index (χ4v) is 2.37. The van der Waals surface area contributed by atoms with Crippen LogP contribution < -0.4 is 10.6 Å². The van der Waals surface area contributed by atoms with Crippen molar-refractivity contribution in [3.63, 3.8) is 0 Å². The van der Waals surface area contributed by atoms with Gasteiger partial charge < -0.3 is 20.3 Å². The number of hydrogen-bond acceptors (Lipinski definition) is 5. The number of morpholine rings is 1. The molecule has 1 amide bonds. The molecule has 116 valence electrons. The van der Waals surface area contributed by atoms with E-state index in [1.807, 2.05) is 19.9 Å². The molecule has 21 heavy (non-hydrogen) atoms. The maximum absolute atomic E-state index is 12.3. The van der Waals surface area contributed by atoms with Crippen molar-refractivity contribution in [2.45, 2.75) is 20.0 Å². The lowest BCUT2D eigenvalue weighted by molar-refractivity contribution is -0.0175. The van der Waals surface area contributed by atoms with Crippen molar-refractivity contribution < 1.29 is 9.53 Å². The number of ether oxygens (including phenoxy) is 1. The number of aryl methyl sites for hydroxylation is 1. The topological polar surface area (TPSA) is 66.5 Å². The molecule has 1 saturated heterocycles. The first-order chi connectivity index (χ1) is 10.1. The van der Waals surface area contributed by atoms with E-state index in [4.69, 9.17) is 4.74 Å². The molecule has 1 unspecified atom stereocenters. The minimum atomic E-state index is -0.115. The zero-order valence-electron chi connectivity index (χ0n) is 13.0. The molecule has 1 fully saturated rings. The second-order valence-corrected chi connectivity index (χ2v) is 5.37. The van der Waals surface area contributed by atoms with Gasteiger partial charge in [-0.3, -0.25) is 9.78 Å². The van der Waals surface area contributed by atoms with Crippen LogP contribution in [0.2, 0.25) is 0 Å². The average molecular weight is 292 g/mol. The number of hydrogen-bond donors (Lipinski definition) is 2. The van der Waals surface area contributed by atoms with E-state index in [1.54, 1.807) is 6.20 Å². The highest BCUT2D eigenvalue weighted by molar-refractivity contribution is 5.99. The van der Waals surface area contributed by atoms with Gasteiger partial charge in [0.25, 0.3) is 5.91 Å². The molecule has 0 saturated carbocycles. The summed E-state index contributed by atoms with van der Waals surface area (Å²) >= 11 is 0. The Morgan fingerprint density at radius 3 is 3.10 bits per heavy atom. The van der Waals surface area contributed by atoms with Crippen LogP contribution in [-0.4, -0.2) is 61.7 Å². The lowest BCUT2D eigenvalue weighted by Gasteiger charge is -2.30. The Labute approximate surface area is 125 Å². The Kier molecular flexibility index (Phi) is 5.52. The van der Waals surface area contributed by atoms with E-state index in [0.717, 1.165) is 31.0 Å². The summed E-state index contributed by atoms with van der Waals surface area (Å²) in [7, 11) is 2.06. The summed E-state index contributed by atoms with van der Waals surface area (Å²) < 4.78 is 5.64. The van der Waals surface area contributed by atoms with Crippen molar-refractivity contribution in [1.29, 1.82) is 0 Å². The van der Waals surface area contributed by atoms with Gasteiger partial charge >= 0.3 is 0 Å². The van der Waals surface area contributed by atoms with Gasteiger partial charge in [0.15, 0.2) is 0 Å². The van der Waals surface area contributed by atoms with Gasteiger partial charge in [-0.15, -0.1) is 0 Å². The summed E-state index contributed by atoms with van der Waals surface area (Å²) in [6, 6.07) is 1.89. The fraction of sp³-hybridized carbons (Fsp3) is 0.600. The van der Waals surface area contributed by atoms with Gasteiger partial charge in [-0.25, -0.2) is 0 Å². The van der Waals surface area contributed by atoms with Crippen LogP contribution in [0, 0.1) is 6.92 Å². The van der Waals surface area contributed by atoms with Gasteiger partial charge in [0, 0.05) is 38.1 Å². The summed E-state index contributed by atoms with van der Waals surface area (Å²) in [6.45, 7) is 7.69. The Morgan fingerprint density at radius 1 is 1.57 bits per heavy atom. The first kappa shape index (κ1) is 15.7. The summed E-state index contributed by atoms with van der Waals surface area (Å²) in [5, 5.41) is 6.14. The summed E-state index contributed by atoms with van der Waals surface area (Å²) in [5.41, 5.74) is 2.29. The van der Waals surface area contributed by atoms with E-state index in [0.29, 0.717) is 18.7 Å². The van der Waals surface area contributed by atoms with Gasteiger partial charge in [0.2, 0.25) is 0 Å². The molecule has 1 aliphatic rings. The molecule has 1 aromatic rings. The fourth-order valence-electron chi connectivity index (χ4n) is 2.37.